The van der Waals surface area contributed by atoms with E-state index in [9.17, 15) is 13.2 Å². The van der Waals surface area contributed by atoms with E-state index in [2.05, 4.69) is 10.6 Å². The van der Waals surface area contributed by atoms with Gasteiger partial charge in [0.1, 0.15) is 10.7 Å². The summed E-state index contributed by atoms with van der Waals surface area (Å²) in [4.78, 5) is 10.5. The normalized spacial score (nSPS) is 11.1. The first-order valence-corrected chi connectivity index (χ1v) is 6.63. The summed E-state index contributed by atoms with van der Waals surface area (Å²) in [5.74, 6) is 0.713. The number of nitrogens with one attached hydrogen (secondary N) is 1. The van der Waals surface area contributed by atoms with Gasteiger partial charge >= 0.3 is 5.97 Å². The summed E-state index contributed by atoms with van der Waals surface area (Å²) in [6.07, 6.45) is 6.02. The molecule has 0 atom stereocenters. The third kappa shape index (κ3) is 3.35. The predicted octanol–water partition coefficient (Wildman–Crippen LogP) is 0.978. The molecular weight excluding hydrogens is 258 g/mol. The Labute approximate surface area is 105 Å². The molecule has 6 nitrogen and oxygen atoms in total. The monoisotopic (exact) mass is 271 g/mol. The lowest BCUT2D eigenvalue weighted by Gasteiger charge is -2.03. The summed E-state index contributed by atoms with van der Waals surface area (Å²) >= 11 is 0. The average Bonchev–Trinajstić information content (AvgIpc) is 2.68. The predicted molar refractivity (Wildman–Crippen MR) is 63.7 cm³/mol. The van der Waals surface area contributed by atoms with Crippen LogP contribution in [0, 0.1) is 19.3 Å². The minimum atomic E-state index is -3.76. The summed E-state index contributed by atoms with van der Waals surface area (Å²) in [5, 5.41) is 8.70. The van der Waals surface area contributed by atoms with Crippen LogP contribution >= 0.6 is 0 Å². The first kappa shape index (κ1) is 14.3. The quantitative estimate of drug-likeness (QED) is 0.593. The Bertz CT molecular complexity index is 579. The van der Waals surface area contributed by atoms with E-state index in [4.69, 9.17) is 15.9 Å². The highest BCUT2D eigenvalue weighted by Crippen LogP contribution is 2.19. The molecule has 0 bridgehead atoms. The van der Waals surface area contributed by atoms with Crippen molar-refractivity contribution in [3.63, 3.8) is 0 Å². The average molecular weight is 271 g/mol. The second kappa shape index (κ2) is 5.71. The summed E-state index contributed by atoms with van der Waals surface area (Å²) in [6, 6.07) is 0.987. The maximum absolute atomic E-state index is 11.8. The van der Waals surface area contributed by atoms with E-state index in [0.29, 0.717) is 12.8 Å². The number of aryl methyl sites for hydroxylation is 1. The molecule has 7 heteroatoms. The van der Waals surface area contributed by atoms with E-state index in [1.165, 1.54) is 6.92 Å². The summed E-state index contributed by atoms with van der Waals surface area (Å²) < 4.78 is 30.8. The van der Waals surface area contributed by atoms with Gasteiger partial charge in [-0.2, -0.15) is 0 Å². The number of terminal acetylenes is 1. The number of furan rings is 1. The van der Waals surface area contributed by atoms with Crippen LogP contribution < -0.4 is 4.72 Å². The molecule has 0 unspecified atom stereocenters. The Balaban J connectivity index is 2.85. The Hall–Kier alpha value is -1.78. The molecule has 0 aromatic carbocycles. The van der Waals surface area contributed by atoms with Crippen LogP contribution in [0.15, 0.2) is 15.4 Å². The van der Waals surface area contributed by atoms with Crippen molar-refractivity contribution in [2.24, 2.45) is 0 Å². The van der Waals surface area contributed by atoms with Crippen LogP contribution in [-0.2, 0) is 10.0 Å². The molecule has 2 N–H and O–H groups in total. The molecule has 1 rings (SSSR count). The highest BCUT2D eigenvalue weighted by molar-refractivity contribution is 7.89. The van der Waals surface area contributed by atoms with Crippen molar-refractivity contribution in [2.45, 2.75) is 24.7 Å². The number of sulfonamides is 1. The van der Waals surface area contributed by atoms with Crippen LogP contribution in [0.3, 0.4) is 0 Å². The van der Waals surface area contributed by atoms with Crippen LogP contribution in [0.4, 0.5) is 0 Å². The number of hydrogen-bond donors (Lipinski definition) is 2. The Morgan fingerprint density at radius 3 is 2.78 bits per heavy atom. The lowest BCUT2D eigenvalue weighted by molar-refractivity contribution is 0.0661. The van der Waals surface area contributed by atoms with E-state index >= 15 is 0 Å². The Kier molecular flexibility index (Phi) is 4.53. The van der Waals surface area contributed by atoms with Gasteiger partial charge in [0.05, 0.1) is 0 Å². The van der Waals surface area contributed by atoms with Crippen LogP contribution in [0.5, 0.6) is 0 Å². The van der Waals surface area contributed by atoms with E-state index in [1.54, 1.807) is 0 Å². The molecule has 0 amide bonds. The van der Waals surface area contributed by atoms with Gasteiger partial charge in [0, 0.05) is 19.0 Å². The van der Waals surface area contributed by atoms with Crippen molar-refractivity contribution < 1.29 is 22.7 Å². The van der Waals surface area contributed by atoms with Crippen molar-refractivity contribution in [1.82, 2.24) is 4.72 Å². The van der Waals surface area contributed by atoms with Gasteiger partial charge in [-0.3, -0.25) is 0 Å². The zero-order valence-electron chi connectivity index (χ0n) is 9.76. The number of unbranched alkanes of at least 4 members (excludes halogenated alkanes) is 1. The molecule has 18 heavy (non-hydrogen) atoms. The molecule has 0 saturated heterocycles. The summed E-state index contributed by atoms with van der Waals surface area (Å²) in [5.41, 5.74) is 0. The van der Waals surface area contributed by atoms with Gasteiger partial charge in [-0.15, -0.1) is 12.3 Å². The summed E-state index contributed by atoms with van der Waals surface area (Å²) in [6.45, 7) is 1.59. The smallest absolute Gasteiger partial charge is 0.371 e. The highest BCUT2D eigenvalue weighted by Gasteiger charge is 2.23. The molecule has 98 valence electrons. The van der Waals surface area contributed by atoms with Gasteiger partial charge < -0.3 is 9.52 Å². The highest BCUT2D eigenvalue weighted by atomic mass is 32.2. The van der Waals surface area contributed by atoms with Gasteiger partial charge in [0.15, 0.2) is 0 Å². The molecule has 0 spiro atoms. The van der Waals surface area contributed by atoms with Gasteiger partial charge in [-0.1, -0.05) is 0 Å². The molecule has 0 saturated carbocycles. The fourth-order valence-electron chi connectivity index (χ4n) is 1.31. The van der Waals surface area contributed by atoms with Crippen molar-refractivity contribution in [1.29, 1.82) is 0 Å². The van der Waals surface area contributed by atoms with Crippen molar-refractivity contribution >= 4 is 16.0 Å². The largest absolute Gasteiger partial charge is 0.475 e. The first-order chi connectivity index (χ1) is 8.38. The third-order valence-electron chi connectivity index (χ3n) is 2.16. The second-order valence-corrected chi connectivity index (χ2v) is 5.28. The van der Waals surface area contributed by atoms with Gasteiger partial charge in [0.2, 0.25) is 15.8 Å². The Morgan fingerprint density at radius 1 is 1.61 bits per heavy atom. The van der Waals surface area contributed by atoms with E-state index in [1.807, 2.05) is 0 Å². The fourth-order valence-corrected chi connectivity index (χ4v) is 2.56. The zero-order valence-corrected chi connectivity index (χ0v) is 10.6. The van der Waals surface area contributed by atoms with Crippen molar-refractivity contribution in [3.05, 3.63) is 17.6 Å². The van der Waals surface area contributed by atoms with Gasteiger partial charge in [-0.05, 0) is 13.3 Å². The number of hydrogen-bond acceptors (Lipinski definition) is 4. The van der Waals surface area contributed by atoms with Crippen LogP contribution in [0.2, 0.25) is 0 Å². The molecule has 0 aliphatic carbocycles. The lowest BCUT2D eigenvalue weighted by atomic mass is 10.3. The number of rotatable bonds is 6. The minimum absolute atomic E-state index is 0.0387. The van der Waals surface area contributed by atoms with E-state index < -0.39 is 21.8 Å². The van der Waals surface area contributed by atoms with E-state index in [0.717, 1.165) is 6.07 Å². The SMILES string of the molecule is C#CCCCNS(=O)(=O)c1cc(C(=O)O)oc1C. The van der Waals surface area contributed by atoms with Crippen molar-refractivity contribution in [2.75, 3.05) is 6.54 Å². The van der Waals surface area contributed by atoms with Gasteiger partial charge in [-0.25, -0.2) is 17.9 Å². The third-order valence-corrected chi connectivity index (χ3v) is 3.73. The fraction of sp³-hybridized carbons (Fsp3) is 0.364. The molecule has 0 radical (unpaired) electrons. The second-order valence-electron chi connectivity index (χ2n) is 3.54. The summed E-state index contributed by atoms with van der Waals surface area (Å²) in [7, 11) is -3.76. The number of carboxylic acids is 1. The van der Waals surface area contributed by atoms with Gasteiger partial charge in [0.25, 0.3) is 0 Å². The number of aromatic carboxylic acids is 1. The zero-order chi connectivity index (χ0) is 13.8. The van der Waals surface area contributed by atoms with E-state index in [-0.39, 0.29) is 17.2 Å². The maximum Gasteiger partial charge on any atom is 0.371 e. The van der Waals surface area contributed by atoms with Crippen LogP contribution in [0.1, 0.15) is 29.2 Å². The number of carboxylic acid groups (broad SMARTS) is 1. The van der Waals surface area contributed by atoms with Crippen LogP contribution in [-0.4, -0.2) is 26.0 Å². The lowest BCUT2D eigenvalue weighted by Crippen LogP contribution is -2.24. The maximum atomic E-state index is 11.8. The molecule has 1 aromatic heterocycles. The molecule has 1 aromatic rings. The number of carbonyl (C=O) groups is 1. The molecule has 0 fully saturated rings. The Morgan fingerprint density at radius 2 is 2.28 bits per heavy atom. The van der Waals surface area contributed by atoms with Crippen molar-refractivity contribution in [3.8, 4) is 12.3 Å². The minimum Gasteiger partial charge on any atom is -0.475 e. The molecular formula is C11H13NO5S. The standard InChI is InChI=1S/C11H13NO5S/c1-3-4-5-6-12-18(15,16)10-7-9(11(13)14)17-8(10)2/h1,7,12H,4-6H2,2H3,(H,13,14). The molecule has 0 aliphatic rings. The first-order valence-electron chi connectivity index (χ1n) is 5.15. The topological polar surface area (TPSA) is 96.6 Å². The molecule has 1 heterocycles. The molecule has 0 aliphatic heterocycles. The van der Waals surface area contributed by atoms with Crippen LogP contribution in [0.25, 0.3) is 0 Å².